The van der Waals surface area contributed by atoms with Crippen molar-refractivity contribution in [1.29, 1.82) is 0 Å². The van der Waals surface area contributed by atoms with Crippen molar-refractivity contribution in [2.24, 2.45) is 11.7 Å². The molecule has 0 aliphatic carbocycles. The molecule has 0 spiro atoms. The molecule has 0 bridgehead atoms. The average Bonchev–Trinajstić information content (AvgIpc) is 1.64. The molecule has 0 radical (unpaired) electrons. The molecular weight excluding hydrogens is 145 g/mol. The Labute approximate surface area is 82.4 Å². The number of carboxylic acids is 1. The number of aliphatic carboxylic acids is 1. The summed E-state index contributed by atoms with van der Waals surface area (Å²) in [4.78, 5) is 10.0. The largest absolute Gasteiger partial charge is 1.00 e. The second-order valence-electron chi connectivity index (χ2n) is 2.11. The number of carboxylic acid groups (broad SMARTS) is 1. The molecule has 0 aromatic rings. The summed E-state index contributed by atoms with van der Waals surface area (Å²) in [6.07, 6.45) is 0. The molecular formula is C5H12NNaO3. The molecule has 0 heterocycles. The molecule has 4 N–H and O–H groups in total. The number of nitrogens with two attached hydrogens (primary N) is 1. The summed E-state index contributed by atoms with van der Waals surface area (Å²) in [6.45, 7) is 3.55. The fourth-order valence-electron chi connectivity index (χ4n) is 0.285. The van der Waals surface area contributed by atoms with Gasteiger partial charge in [-0.15, -0.1) is 0 Å². The topological polar surface area (TPSA) is 93.3 Å². The number of rotatable bonds is 2. The quantitative estimate of drug-likeness (QED) is 0.415. The molecule has 56 valence electrons. The van der Waals surface area contributed by atoms with Crippen LogP contribution in [-0.4, -0.2) is 22.6 Å². The van der Waals surface area contributed by atoms with E-state index >= 15 is 0 Å². The first kappa shape index (κ1) is 16.8. The van der Waals surface area contributed by atoms with Crippen molar-refractivity contribution in [3.05, 3.63) is 0 Å². The molecule has 0 rings (SSSR count). The first-order valence-electron chi connectivity index (χ1n) is 2.54. The first-order valence-corrected chi connectivity index (χ1v) is 2.54. The Morgan fingerprint density at radius 1 is 1.50 bits per heavy atom. The zero-order valence-corrected chi connectivity index (χ0v) is 8.53. The van der Waals surface area contributed by atoms with Crippen LogP contribution in [0.3, 0.4) is 0 Å². The summed E-state index contributed by atoms with van der Waals surface area (Å²) in [5.41, 5.74) is 5.16. The summed E-state index contributed by atoms with van der Waals surface area (Å²) in [5, 5.41) is 8.23. The van der Waals surface area contributed by atoms with Gasteiger partial charge in [0.1, 0.15) is 6.04 Å². The molecule has 0 fully saturated rings. The third-order valence-electron chi connectivity index (χ3n) is 1.00. The van der Waals surface area contributed by atoms with Crippen LogP contribution in [0.15, 0.2) is 0 Å². The zero-order chi connectivity index (χ0) is 6.73. The van der Waals surface area contributed by atoms with Crippen LogP contribution in [0.5, 0.6) is 0 Å². The molecule has 0 amide bonds. The van der Waals surface area contributed by atoms with Crippen molar-refractivity contribution in [3.8, 4) is 0 Å². The third kappa shape index (κ3) is 6.51. The van der Waals surface area contributed by atoms with E-state index in [1.807, 2.05) is 0 Å². The van der Waals surface area contributed by atoms with Gasteiger partial charge >= 0.3 is 35.5 Å². The average molecular weight is 157 g/mol. The predicted octanol–water partition coefficient (Wildman–Crippen LogP) is -3.12. The van der Waals surface area contributed by atoms with Crippen molar-refractivity contribution >= 4 is 5.97 Å². The summed E-state index contributed by atoms with van der Waals surface area (Å²) in [7, 11) is 0. The van der Waals surface area contributed by atoms with Crippen LogP contribution in [0.1, 0.15) is 13.8 Å². The van der Waals surface area contributed by atoms with E-state index in [1.165, 1.54) is 0 Å². The van der Waals surface area contributed by atoms with E-state index in [-0.39, 0.29) is 41.0 Å². The molecule has 0 aromatic heterocycles. The van der Waals surface area contributed by atoms with E-state index in [0.29, 0.717) is 0 Å². The van der Waals surface area contributed by atoms with Gasteiger partial charge in [-0.25, -0.2) is 0 Å². The number of hydrogen-bond donors (Lipinski definition) is 2. The van der Waals surface area contributed by atoms with E-state index in [1.54, 1.807) is 13.8 Å². The van der Waals surface area contributed by atoms with E-state index < -0.39 is 12.0 Å². The van der Waals surface area contributed by atoms with Crippen LogP contribution >= 0.6 is 0 Å². The van der Waals surface area contributed by atoms with Gasteiger partial charge in [0.25, 0.3) is 0 Å². The van der Waals surface area contributed by atoms with Crippen molar-refractivity contribution in [3.63, 3.8) is 0 Å². The Hall–Kier alpha value is 0.390. The minimum atomic E-state index is -0.931. The van der Waals surface area contributed by atoms with Gasteiger partial charge in [0.05, 0.1) is 0 Å². The Morgan fingerprint density at radius 3 is 1.80 bits per heavy atom. The van der Waals surface area contributed by atoms with E-state index in [0.717, 1.165) is 0 Å². The monoisotopic (exact) mass is 157 g/mol. The maximum atomic E-state index is 10.0. The Kier molecular flexibility index (Phi) is 12.6. The van der Waals surface area contributed by atoms with Crippen LogP contribution < -0.4 is 35.3 Å². The first-order chi connectivity index (χ1) is 3.55. The van der Waals surface area contributed by atoms with Gasteiger partial charge in [-0.1, -0.05) is 13.8 Å². The Bertz CT molecular complexity index is 96.9. The molecule has 0 unspecified atom stereocenters. The maximum Gasteiger partial charge on any atom is 1.00 e. The van der Waals surface area contributed by atoms with Gasteiger partial charge in [-0.2, -0.15) is 0 Å². The fourth-order valence-corrected chi connectivity index (χ4v) is 0.285. The molecule has 1 atom stereocenters. The summed E-state index contributed by atoms with van der Waals surface area (Å²) >= 11 is 0. The normalized spacial score (nSPS) is 11.2. The van der Waals surface area contributed by atoms with Crippen LogP contribution in [0.25, 0.3) is 0 Å². The van der Waals surface area contributed by atoms with E-state index in [9.17, 15) is 4.79 Å². The van der Waals surface area contributed by atoms with Gasteiger partial charge in [-0.05, 0) is 5.92 Å². The smallest absolute Gasteiger partial charge is 0.870 e. The van der Waals surface area contributed by atoms with Crippen molar-refractivity contribution in [1.82, 2.24) is 0 Å². The fraction of sp³-hybridized carbons (Fsp3) is 0.800. The minimum Gasteiger partial charge on any atom is -0.870 e. The molecule has 4 nitrogen and oxygen atoms in total. The van der Waals surface area contributed by atoms with Crippen molar-refractivity contribution in [2.75, 3.05) is 0 Å². The molecule has 0 aromatic carbocycles. The van der Waals surface area contributed by atoms with Gasteiger partial charge in [0.2, 0.25) is 0 Å². The molecule has 0 aliphatic heterocycles. The second-order valence-corrected chi connectivity index (χ2v) is 2.11. The number of carbonyl (C=O) groups is 1. The SMILES string of the molecule is CC(C)[C@H](N)C(=O)O.[Na+].[OH-]. The van der Waals surface area contributed by atoms with E-state index in [2.05, 4.69) is 0 Å². The van der Waals surface area contributed by atoms with E-state index in [4.69, 9.17) is 10.8 Å². The Morgan fingerprint density at radius 2 is 1.80 bits per heavy atom. The molecule has 0 saturated heterocycles. The second kappa shape index (κ2) is 7.50. The summed E-state index contributed by atoms with van der Waals surface area (Å²) in [5.74, 6) is -0.910. The van der Waals surface area contributed by atoms with Gasteiger partial charge < -0.3 is 16.3 Å². The molecule has 0 aliphatic rings. The number of hydrogen-bond acceptors (Lipinski definition) is 3. The van der Waals surface area contributed by atoms with Crippen LogP contribution in [0.2, 0.25) is 0 Å². The molecule has 5 heteroatoms. The van der Waals surface area contributed by atoms with Gasteiger partial charge in [0.15, 0.2) is 0 Å². The third-order valence-corrected chi connectivity index (χ3v) is 1.00. The molecule has 0 saturated carbocycles. The standard InChI is InChI=1S/C5H11NO2.Na.H2O/c1-3(2)4(6)5(7)8;;/h3-4H,6H2,1-2H3,(H,7,8);;1H2/q;+1;/p-1/t4-;;/m0../s1. The van der Waals surface area contributed by atoms with Crippen LogP contribution in [-0.2, 0) is 4.79 Å². The van der Waals surface area contributed by atoms with Crippen molar-refractivity contribution < 1.29 is 44.9 Å². The van der Waals surface area contributed by atoms with Crippen LogP contribution in [0, 0.1) is 5.92 Å². The minimum absolute atomic E-state index is 0. The zero-order valence-electron chi connectivity index (χ0n) is 6.53. The van der Waals surface area contributed by atoms with Crippen LogP contribution in [0.4, 0.5) is 0 Å². The van der Waals surface area contributed by atoms with Gasteiger partial charge in [0, 0.05) is 0 Å². The summed E-state index contributed by atoms with van der Waals surface area (Å²) < 4.78 is 0. The van der Waals surface area contributed by atoms with Crippen molar-refractivity contribution in [2.45, 2.75) is 19.9 Å². The summed E-state index contributed by atoms with van der Waals surface area (Å²) in [6, 6.07) is -0.713. The Balaban J connectivity index is -0.000000245. The van der Waals surface area contributed by atoms with Gasteiger partial charge in [-0.3, -0.25) is 4.79 Å². The molecule has 10 heavy (non-hydrogen) atoms. The maximum absolute atomic E-state index is 10.0. The predicted molar refractivity (Wildman–Crippen MR) is 32.4 cm³/mol.